The fourth-order valence-electron chi connectivity index (χ4n) is 4.59. The highest BCUT2D eigenvalue weighted by Crippen LogP contribution is 2.53. The number of aliphatic hydroxyl groups is 2. The molecule has 1 saturated heterocycles. The van der Waals surface area contributed by atoms with Crippen LogP contribution in [0.25, 0.3) is 0 Å². The smallest absolute Gasteiger partial charge is 0.468 e. The predicted molar refractivity (Wildman–Crippen MR) is 168 cm³/mol. The van der Waals surface area contributed by atoms with Crippen molar-refractivity contribution in [1.29, 1.82) is 0 Å². The summed E-state index contributed by atoms with van der Waals surface area (Å²) >= 11 is 0. The van der Waals surface area contributed by atoms with E-state index in [4.69, 9.17) is 43.0 Å². The van der Waals surface area contributed by atoms with E-state index in [0.717, 1.165) is 32.0 Å². The Morgan fingerprint density at radius 3 is 1.87 bits per heavy atom. The molecule has 1 aliphatic rings. The number of phosphoric ester groups is 1. The van der Waals surface area contributed by atoms with Gasteiger partial charge in [-0.25, -0.2) is 14.2 Å². The molecule has 1 aromatic heterocycles. The number of carbonyl (C=O) groups is 9. The van der Waals surface area contributed by atoms with Gasteiger partial charge in [0.2, 0.25) is 11.2 Å². The Kier molecular flexibility index (Phi) is 16.8. The molecule has 6 unspecified atom stereocenters. The minimum absolute atomic E-state index is 0.0762. The lowest BCUT2D eigenvalue weighted by Crippen LogP contribution is -2.49. The number of phosphoric acid groups is 1. The zero-order valence-corrected chi connectivity index (χ0v) is 30.2. The number of primary amides is 1. The molecule has 1 aliphatic heterocycles. The van der Waals surface area contributed by atoms with Crippen LogP contribution in [0.15, 0.2) is 6.33 Å². The zero-order chi connectivity index (χ0) is 40.9. The van der Waals surface area contributed by atoms with Gasteiger partial charge in [0.1, 0.15) is 55.8 Å². The fraction of sp³-hybridized carbons (Fsp3) is 0.621. The minimum Gasteiger partial charge on any atom is -0.468 e. The van der Waals surface area contributed by atoms with E-state index in [1.54, 1.807) is 0 Å². The molecule has 1 amide bonds. The zero-order valence-electron chi connectivity index (χ0n) is 29.3. The number of nitrogens with two attached hydrogens (primary N) is 1. The van der Waals surface area contributed by atoms with Crippen LogP contribution in [0.1, 0.15) is 50.5 Å². The molecule has 1 aromatic rings. The molecular weight excluding hydrogens is 755 g/mol. The summed E-state index contributed by atoms with van der Waals surface area (Å²) in [6, 6.07) is 0. The number of rotatable bonds is 24. The highest BCUT2D eigenvalue weighted by Gasteiger charge is 2.54. The number of carbonyl (C=O) groups excluding carboxylic acids is 9. The van der Waals surface area contributed by atoms with Crippen molar-refractivity contribution in [2.45, 2.75) is 58.2 Å². The second-order valence-corrected chi connectivity index (χ2v) is 12.9. The summed E-state index contributed by atoms with van der Waals surface area (Å²) < 4.78 is 56.2. The lowest BCUT2D eigenvalue weighted by Gasteiger charge is -2.32. The number of nitrogens with zero attached hydrogens (tertiary/aromatic N) is 3. The van der Waals surface area contributed by atoms with Gasteiger partial charge in [-0.1, -0.05) is 0 Å². The standard InChI is InChI=1S/C29H39N4O20P/c1-5-47-27(44)29(26(43)46-4,12-49-17(3)37)14-52-54(45,51-13-28(11-48-16(2)36,19(38)6-8-34)20(39)7-9-35)50-10-18-21(40)22(41)25(53-18)33-15-31-24(32-33)23(30)42/h8-9,15,18,21-22,25,40-41H,5-7,10-14H2,1-4H3,(H2,30,42). The Bertz CT molecular complexity index is 1610. The number of aromatic nitrogens is 3. The van der Waals surface area contributed by atoms with E-state index in [0.29, 0.717) is 0 Å². The monoisotopic (exact) mass is 794 g/mol. The Labute approximate surface area is 305 Å². The van der Waals surface area contributed by atoms with E-state index in [9.17, 15) is 57.9 Å². The molecule has 54 heavy (non-hydrogen) atoms. The molecule has 6 atom stereocenters. The number of Topliss-reactive ketones (excluding diaryl/α,β-unsaturated/α-hetero) is 2. The highest BCUT2D eigenvalue weighted by molar-refractivity contribution is 7.48. The van der Waals surface area contributed by atoms with E-state index in [2.05, 4.69) is 10.1 Å². The molecule has 0 radical (unpaired) electrons. The Hall–Kier alpha value is -4.84. The van der Waals surface area contributed by atoms with Gasteiger partial charge >= 0.3 is 31.7 Å². The number of aliphatic hydroxyl groups excluding tert-OH is 2. The first-order valence-electron chi connectivity index (χ1n) is 15.6. The van der Waals surface area contributed by atoms with Crippen LogP contribution in [-0.4, -0.2) is 144 Å². The van der Waals surface area contributed by atoms with E-state index >= 15 is 0 Å². The topological polar surface area (TPSA) is 342 Å². The SMILES string of the molecule is CCOC(=O)C(COC(C)=O)(COP(=O)(OCC1OC(n2cnc(C(N)=O)n2)C(O)C1O)OCC(COC(C)=O)(C(=O)CC=O)C(=O)CC=O)C(=O)OC. The van der Waals surface area contributed by atoms with Gasteiger partial charge < -0.3 is 49.2 Å². The van der Waals surface area contributed by atoms with Gasteiger partial charge in [-0.3, -0.25) is 47.1 Å². The molecule has 2 heterocycles. The third kappa shape index (κ3) is 11.1. The molecule has 2 rings (SSSR count). The van der Waals surface area contributed by atoms with Crippen molar-refractivity contribution < 1.29 is 95.2 Å². The molecule has 0 saturated carbocycles. The second-order valence-electron chi connectivity index (χ2n) is 11.3. The maximum atomic E-state index is 14.4. The van der Waals surface area contributed by atoms with Crippen molar-refractivity contribution in [3.63, 3.8) is 0 Å². The van der Waals surface area contributed by atoms with Crippen LogP contribution in [0.5, 0.6) is 0 Å². The predicted octanol–water partition coefficient (Wildman–Crippen LogP) is -2.69. The molecule has 4 N–H and O–H groups in total. The van der Waals surface area contributed by atoms with E-state index in [1.165, 1.54) is 6.92 Å². The summed E-state index contributed by atoms with van der Waals surface area (Å²) in [6.07, 6.45) is -7.79. The maximum absolute atomic E-state index is 14.4. The van der Waals surface area contributed by atoms with Gasteiger partial charge in [-0.05, 0) is 6.92 Å². The molecule has 0 aliphatic carbocycles. The lowest BCUT2D eigenvalue weighted by atomic mass is 9.78. The second kappa shape index (κ2) is 20.0. The van der Waals surface area contributed by atoms with Crippen LogP contribution >= 0.6 is 7.82 Å². The number of esters is 4. The van der Waals surface area contributed by atoms with Crippen molar-refractivity contribution >= 4 is 61.7 Å². The molecule has 300 valence electrons. The van der Waals surface area contributed by atoms with Crippen LogP contribution in [0, 0.1) is 10.8 Å². The Morgan fingerprint density at radius 1 is 0.870 bits per heavy atom. The molecule has 0 aromatic carbocycles. The minimum atomic E-state index is -5.48. The molecule has 0 bridgehead atoms. The van der Waals surface area contributed by atoms with Gasteiger partial charge in [0.25, 0.3) is 5.91 Å². The van der Waals surface area contributed by atoms with Crippen LogP contribution in [-0.2, 0) is 80.2 Å². The van der Waals surface area contributed by atoms with Crippen molar-refractivity contribution in [3.05, 3.63) is 12.2 Å². The third-order valence-corrected chi connectivity index (χ3v) is 8.91. The summed E-state index contributed by atoms with van der Waals surface area (Å²) in [5.41, 5.74) is -0.299. The van der Waals surface area contributed by atoms with Crippen molar-refractivity contribution in [2.24, 2.45) is 16.6 Å². The first-order valence-corrected chi connectivity index (χ1v) is 17.0. The summed E-state index contributed by atoms with van der Waals surface area (Å²) in [4.78, 5) is 114. The summed E-state index contributed by atoms with van der Waals surface area (Å²) in [6.45, 7) is -3.30. The highest BCUT2D eigenvalue weighted by atomic mass is 31.2. The Morgan fingerprint density at radius 2 is 1.41 bits per heavy atom. The Balaban J connectivity index is 2.62. The van der Waals surface area contributed by atoms with Crippen LogP contribution in [0.3, 0.4) is 0 Å². The third-order valence-electron chi connectivity index (χ3n) is 7.55. The van der Waals surface area contributed by atoms with Gasteiger partial charge in [0, 0.05) is 13.8 Å². The van der Waals surface area contributed by atoms with E-state index in [1.807, 2.05) is 0 Å². The van der Waals surface area contributed by atoms with E-state index in [-0.39, 0.29) is 19.2 Å². The van der Waals surface area contributed by atoms with Gasteiger partial charge in [0.05, 0.1) is 46.4 Å². The number of ketones is 2. The molecule has 24 nitrogen and oxygen atoms in total. The van der Waals surface area contributed by atoms with Gasteiger partial charge in [-0.15, -0.1) is 5.10 Å². The molecule has 0 spiro atoms. The number of hydrogen-bond donors (Lipinski definition) is 3. The molecule has 1 fully saturated rings. The summed E-state index contributed by atoms with van der Waals surface area (Å²) in [5.74, 6) is -8.97. The van der Waals surface area contributed by atoms with Crippen LogP contribution in [0.4, 0.5) is 0 Å². The number of aldehydes is 2. The molecule has 25 heteroatoms. The van der Waals surface area contributed by atoms with E-state index < -0.39 is 136 Å². The van der Waals surface area contributed by atoms with Crippen molar-refractivity contribution in [1.82, 2.24) is 14.8 Å². The fourth-order valence-corrected chi connectivity index (χ4v) is 5.90. The average molecular weight is 795 g/mol. The van der Waals surface area contributed by atoms with Crippen LogP contribution in [0.2, 0.25) is 0 Å². The van der Waals surface area contributed by atoms with Crippen molar-refractivity contribution in [2.75, 3.05) is 46.8 Å². The number of amides is 1. The number of methoxy groups -OCH3 is 1. The van der Waals surface area contributed by atoms with Gasteiger partial charge in [0.15, 0.2) is 17.8 Å². The van der Waals surface area contributed by atoms with Crippen molar-refractivity contribution in [3.8, 4) is 0 Å². The summed E-state index contributed by atoms with van der Waals surface area (Å²) in [7, 11) is -4.65. The number of ether oxygens (including phenoxy) is 5. The largest absolute Gasteiger partial charge is 0.474 e. The quantitative estimate of drug-likeness (QED) is 0.0315. The normalized spacial score (nSPS) is 20.4. The van der Waals surface area contributed by atoms with Gasteiger partial charge in [-0.2, -0.15) is 0 Å². The lowest BCUT2D eigenvalue weighted by molar-refractivity contribution is -0.180. The average Bonchev–Trinajstić information content (AvgIpc) is 3.72. The summed E-state index contributed by atoms with van der Waals surface area (Å²) in [5, 5.41) is 25.1. The maximum Gasteiger partial charge on any atom is 0.474 e. The first kappa shape index (κ1) is 45.3. The molecular formula is C29H39N4O20P. The first-order chi connectivity index (χ1) is 25.4. The number of hydrogen-bond acceptors (Lipinski definition) is 22. The van der Waals surface area contributed by atoms with Crippen LogP contribution < -0.4 is 5.73 Å².